The van der Waals surface area contributed by atoms with Crippen LogP contribution in [0.3, 0.4) is 0 Å². The molecule has 0 unspecified atom stereocenters. The van der Waals surface area contributed by atoms with Crippen molar-refractivity contribution < 1.29 is 9.18 Å². The number of hydrogen-bond acceptors (Lipinski definition) is 2. The van der Waals surface area contributed by atoms with E-state index in [1.807, 2.05) is 0 Å². The molecule has 0 aliphatic carbocycles. The van der Waals surface area contributed by atoms with Crippen molar-refractivity contribution in [3.8, 4) is 0 Å². The number of carbonyl (C=O) groups is 1. The first-order valence-electron chi connectivity index (χ1n) is 2.62. The lowest BCUT2D eigenvalue weighted by Crippen LogP contribution is -2.13. The summed E-state index contributed by atoms with van der Waals surface area (Å²) in [5.74, 6) is -1.42. The molecule has 3 nitrogen and oxygen atoms in total. The number of pyridine rings is 1. The summed E-state index contributed by atoms with van der Waals surface area (Å²) >= 11 is 0. The molecule has 1 aromatic heterocycles. The van der Waals surface area contributed by atoms with Crippen molar-refractivity contribution in [3.05, 3.63) is 29.8 Å². The van der Waals surface area contributed by atoms with Gasteiger partial charge in [0.05, 0.1) is 0 Å². The van der Waals surface area contributed by atoms with Crippen molar-refractivity contribution >= 4 is 5.91 Å². The number of halogens is 1. The largest absolute Gasteiger partial charge is 0.364 e. The Labute approximate surface area is 56.7 Å². The molecule has 1 aromatic rings. The van der Waals surface area contributed by atoms with Crippen LogP contribution in [-0.4, -0.2) is 10.9 Å². The van der Waals surface area contributed by atoms with Crippen LogP contribution in [0.15, 0.2) is 18.2 Å². The lowest BCUT2D eigenvalue weighted by molar-refractivity contribution is 0.0994. The van der Waals surface area contributed by atoms with E-state index in [4.69, 9.17) is 5.73 Å². The van der Waals surface area contributed by atoms with E-state index >= 15 is 0 Å². The molecule has 0 saturated heterocycles. The zero-order valence-electron chi connectivity index (χ0n) is 5.04. The molecule has 0 saturated carbocycles. The monoisotopic (exact) mass is 139 g/mol. The molecule has 0 aliphatic rings. The van der Waals surface area contributed by atoms with Gasteiger partial charge < -0.3 is 5.73 Å². The van der Waals surface area contributed by atoms with Gasteiger partial charge in [0.15, 0.2) is 0 Å². The van der Waals surface area contributed by atoms with Gasteiger partial charge in [-0.2, -0.15) is 4.39 Å². The van der Waals surface area contributed by atoms with Gasteiger partial charge in [0, 0.05) is 0 Å². The second-order valence-corrected chi connectivity index (χ2v) is 1.71. The first-order valence-corrected chi connectivity index (χ1v) is 2.62. The van der Waals surface area contributed by atoms with Crippen LogP contribution in [0.25, 0.3) is 0 Å². The second-order valence-electron chi connectivity index (χ2n) is 1.71. The molecule has 2 N–H and O–H groups in total. The van der Waals surface area contributed by atoms with E-state index in [0.29, 0.717) is 0 Å². The molecule has 52 valence electrons. The van der Waals surface area contributed by atoms with E-state index in [0.717, 1.165) is 6.07 Å². The van der Waals surface area contributed by atoms with Crippen LogP contribution in [0.4, 0.5) is 4.39 Å². The summed E-state index contributed by atoms with van der Waals surface area (Å²) in [4.78, 5) is 13.6. The summed E-state index contributed by atoms with van der Waals surface area (Å²) in [7, 11) is 0. The zero-order chi connectivity index (χ0) is 7.56. The number of nitrogens with two attached hydrogens (primary N) is 1. The maximum absolute atomic E-state index is 12.2. The van der Waals surface area contributed by atoms with Gasteiger partial charge in [0.25, 0.3) is 5.91 Å². The Hall–Kier alpha value is -1.45. The summed E-state index contributed by atoms with van der Waals surface area (Å²) in [6.07, 6.45) is 0. The fourth-order valence-corrected chi connectivity index (χ4v) is 0.545. The van der Waals surface area contributed by atoms with Crippen molar-refractivity contribution in [2.45, 2.75) is 0 Å². The minimum Gasteiger partial charge on any atom is -0.364 e. The number of primary amides is 1. The van der Waals surface area contributed by atoms with Gasteiger partial charge in [-0.05, 0) is 12.1 Å². The third kappa shape index (κ3) is 1.28. The molecule has 0 bridgehead atoms. The van der Waals surface area contributed by atoms with Gasteiger partial charge in [0.1, 0.15) is 5.69 Å². The molecular formula is C6H5FN2O. The van der Waals surface area contributed by atoms with E-state index in [1.165, 1.54) is 12.1 Å². The first kappa shape index (κ1) is 6.67. The fourth-order valence-electron chi connectivity index (χ4n) is 0.545. The van der Waals surface area contributed by atoms with Gasteiger partial charge in [-0.1, -0.05) is 6.07 Å². The quantitative estimate of drug-likeness (QED) is 0.569. The normalized spacial score (nSPS) is 9.30. The summed E-state index contributed by atoms with van der Waals surface area (Å²) in [6.45, 7) is 0. The van der Waals surface area contributed by atoms with Crippen LogP contribution >= 0.6 is 0 Å². The molecule has 1 rings (SSSR count). The van der Waals surface area contributed by atoms with Gasteiger partial charge >= 0.3 is 0 Å². The molecule has 0 radical (unpaired) electrons. The Morgan fingerprint density at radius 3 is 2.70 bits per heavy atom. The highest BCUT2D eigenvalue weighted by molar-refractivity contribution is 5.90. The van der Waals surface area contributed by atoms with Crippen LogP contribution in [0.1, 0.15) is 10.5 Å². The maximum atomic E-state index is 12.2. The predicted octanol–water partition coefficient (Wildman–Crippen LogP) is 0.320. The smallest absolute Gasteiger partial charge is 0.267 e. The fraction of sp³-hybridized carbons (Fsp3) is 0. The number of nitrogens with zero attached hydrogens (tertiary/aromatic N) is 1. The molecule has 0 fully saturated rings. The van der Waals surface area contributed by atoms with Crippen LogP contribution < -0.4 is 5.73 Å². The van der Waals surface area contributed by atoms with Gasteiger partial charge in [-0.15, -0.1) is 0 Å². The van der Waals surface area contributed by atoms with E-state index < -0.39 is 11.9 Å². The van der Waals surface area contributed by atoms with Crippen LogP contribution in [0, 0.1) is 5.95 Å². The van der Waals surface area contributed by atoms with E-state index in [2.05, 4.69) is 4.98 Å². The van der Waals surface area contributed by atoms with Crippen LogP contribution in [0.5, 0.6) is 0 Å². The van der Waals surface area contributed by atoms with Crippen molar-refractivity contribution in [3.63, 3.8) is 0 Å². The molecule has 0 spiro atoms. The number of rotatable bonds is 1. The lowest BCUT2D eigenvalue weighted by atomic mass is 10.3. The lowest BCUT2D eigenvalue weighted by Gasteiger charge is -1.91. The molecule has 1 heterocycles. The molecular weight excluding hydrogens is 134 g/mol. The van der Waals surface area contributed by atoms with Crippen molar-refractivity contribution in [1.29, 1.82) is 0 Å². The maximum Gasteiger partial charge on any atom is 0.267 e. The average Bonchev–Trinajstić information content (AvgIpc) is 1.88. The predicted molar refractivity (Wildman–Crippen MR) is 32.7 cm³/mol. The first-order chi connectivity index (χ1) is 4.70. The van der Waals surface area contributed by atoms with Crippen molar-refractivity contribution in [2.75, 3.05) is 0 Å². The SMILES string of the molecule is NC(=O)c1cccc([18F])n1. The summed E-state index contributed by atoms with van der Waals surface area (Å²) in [6, 6.07) is 3.88. The van der Waals surface area contributed by atoms with Gasteiger partial charge in [-0.25, -0.2) is 4.98 Å². The minimum atomic E-state index is -0.723. The van der Waals surface area contributed by atoms with E-state index in [-0.39, 0.29) is 5.69 Å². The molecule has 4 heteroatoms. The molecule has 0 aromatic carbocycles. The molecule has 1 amide bonds. The van der Waals surface area contributed by atoms with Crippen LogP contribution in [-0.2, 0) is 0 Å². The highest BCUT2D eigenvalue weighted by Gasteiger charge is 2.00. The third-order valence-corrected chi connectivity index (χ3v) is 0.968. The number of aromatic nitrogens is 1. The summed E-state index contributed by atoms with van der Waals surface area (Å²) in [5, 5.41) is 0. The molecule has 0 aliphatic heterocycles. The van der Waals surface area contributed by atoms with Crippen molar-refractivity contribution in [2.24, 2.45) is 5.73 Å². The molecule has 10 heavy (non-hydrogen) atoms. The Balaban J connectivity index is 3.07. The standard InChI is InChI=1S/C6H5FN2O/c7-5-3-1-2-4(9-5)6(8)10/h1-3H,(H2,8,10)/i7-1. The molecule has 0 atom stereocenters. The Morgan fingerprint density at radius 2 is 2.30 bits per heavy atom. The van der Waals surface area contributed by atoms with E-state index in [1.54, 1.807) is 0 Å². The van der Waals surface area contributed by atoms with E-state index in [9.17, 15) is 9.18 Å². The van der Waals surface area contributed by atoms with Crippen molar-refractivity contribution in [1.82, 2.24) is 4.98 Å². The Kier molecular flexibility index (Phi) is 1.62. The highest BCUT2D eigenvalue weighted by Crippen LogP contribution is 1.95. The Morgan fingerprint density at radius 1 is 1.60 bits per heavy atom. The highest BCUT2D eigenvalue weighted by atomic mass is 18.2. The number of hydrogen-bond donors (Lipinski definition) is 1. The minimum absolute atomic E-state index is 0.0556. The second kappa shape index (κ2) is 2.43. The third-order valence-electron chi connectivity index (χ3n) is 0.968. The van der Waals surface area contributed by atoms with Crippen LogP contribution in [0.2, 0.25) is 0 Å². The summed E-state index contributed by atoms with van der Waals surface area (Å²) < 4.78 is 12.2. The summed E-state index contributed by atoms with van der Waals surface area (Å²) in [5.41, 5.74) is 4.76. The van der Waals surface area contributed by atoms with Gasteiger partial charge in [-0.3, -0.25) is 4.79 Å². The average molecular weight is 139 g/mol. The topological polar surface area (TPSA) is 56.0 Å². The number of carbonyl (C=O) groups excluding carboxylic acids is 1. The van der Waals surface area contributed by atoms with Gasteiger partial charge in [0.2, 0.25) is 5.95 Å². The Bertz CT molecular complexity index is 262. The number of amides is 1. The zero-order valence-corrected chi connectivity index (χ0v) is 5.04.